The van der Waals surface area contributed by atoms with E-state index in [2.05, 4.69) is 0 Å². The number of aliphatic carboxylic acids is 1. The second-order valence-electron chi connectivity index (χ2n) is 5.11. The van der Waals surface area contributed by atoms with Gasteiger partial charge in [-0.25, -0.2) is 9.59 Å². The van der Waals surface area contributed by atoms with Crippen molar-refractivity contribution >= 4 is 16.9 Å². The van der Waals surface area contributed by atoms with Gasteiger partial charge in [0.25, 0.3) is 0 Å². The second-order valence-corrected chi connectivity index (χ2v) is 5.11. The molecule has 0 bridgehead atoms. The van der Waals surface area contributed by atoms with Crippen molar-refractivity contribution in [2.75, 3.05) is 0 Å². The predicted octanol–water partition coefficient (Wildman–Crippen LogP) is 3.31. The first-order valence-electron chi connectivity index (χ1n) is 7.07. The Morgan fingerprint density at radius 1 is 1.13 bits per heavy atom. The summed E-state index contributed by atoms with van der Waals surface area (Å²) in [5, 5.41) is 9.67. The molecule has 116 valence electrons. The maximum atomic E-state index is 12.1. The number of benzene rings is 2. The van der Waals surface area contributed by atoms with E-state index >= 15 is 0 Å². The fraction of sp³-hybridized carbons (Fsp3) is 0.111. The van der Waals surface area contributed by atoms with Crippen molar-refractivity contribution in [3.8, 4) is 16.9 Å². The van der Waals surface area contributed by atoms with Gasteiger partial charge in [-0.15, -0.1) is 0 Å². The third kappa shape index (κ3) is 3.08. The molecule has 0 saturated carbocycles. The van der Waals surface area contributed by atoms with Gasteiger partial charge in [0.05, 0.1) is 5.56 Å². The zero-order valence-electron chi connectivity index (χ0n) is 12.4. The summed E-state index contributed by atoms with van der Waals surface area (Å²) in [5.41, 5.74) is 1.24. The molecule has 0 fully saturated rings. The van der Waals surface area contributed by atoms with Crippen LogP contribution >= 0.6 is 0 Å². The molecule has 0 aliphatic heterocycles. The quantitative estimate of drug-likeness (QED) is 0.748. The smallest absolute Gasteiger partial charge is 0.344 e. The monoisotopic (exact) mass is 310 g/mol. The van der Waals surface area contributed by atoms with Gasteiger partial charge in [0.15, 0.2) is 6.10 Å². The fourth-order valence-corrected chi connectivity index (χ4v) is 2.23. The minimum absolute atomic E-state index is 0.420. The molecule has 0 aliphatic carbocycles. The number of carboxylic acid groups (broad SMARTS) is 1. The van der Waals surface area contributed by atoms with E-state index in [0.717, 1.165) is 5.39 Å². The molecule has 1 N–H and O–H groups in total. The van der Waals surface area contributed by atoms with E-state index in [1.165, 1.54) is 6.92 Å². The van der Waals surface area contributed by atoms with Crippen molar-refractivity contribution in [1.82, 2.24) is 0 Å². The Bertz CT molecular complexity index is 909. The molecular weight excluding hydrogens is 296 g/mol. The summed E-state index contributed by atoms with van der Waals surface area (Å²) in [5.74, 6) is -0.613. The summed E-state index contributed by atoms with van der Waals surface area (Å²) >= 11 is 0. The van der Waals surface area contributed by atoms with E-state index < -0.39 is 17.7 Å². The lowest BCUT2D eigenvalue weighted by Crippen LogP contribution is -2.22. The zero-order valence-corrected chi connectivity index (χ0v) is 12.4. The Balaban J connectivity index is 1.94. The van der Waals surface area contributed by atoms with Crippen LogP contribution in [0.5, 0.6) is 5.75 Å². The first-order valence-corrected chi connectivity index (χ1v) is 7.07. The molecule has 3 rings (SSSR count). The topological polar surface area (TPSA) is 76.7 Å². The predicted molar refractivity (Wildman–Crippen MR) is 85.6 cm³/mol. The normalized spacial score (nSPS) is 12.0. The summed E-state index contributed by atoms with van der Waals surface area (Å²) in [6.45, 7) is 1.45. The summed E-state index contributed by atoms with van der Waals surface area (Å²) in [4.78, 5) is 22.9. The van der Waals surface area contributed by atoms with Crippen LogP contribution < -0.4 is 10.4 Å². The number of fused-ring (bicyclic) bond motifs is 1. The number of hydrogen-bond donors (Lipinski definition) is 1. The van der Waals surface area contributed by atoms with Crippen LogP contribution in [0.1, 0.15) is 6.92 Å². The molecule has 0 saturated heterocycles. The van der Waals surface area contributed by atoms with Crippen molar-refractivity contribution in [2.24, 2.45) is 0 Å². The molecule has 0 spiro atoms. The van der Waals surface area contributed by atoms with Crippen LogP contribution in [0.25, 0.3) is 22.1 Å². The largest absolute Gasteiger partial charge is 0.479 e. The minimum Gasteiger partial charge on any atom is -0.479 e. The Morgan fingerprint density at radius 3 is 2.52 bits per heavy atom. The molecule has 0 unspecified atom stereocenters. The SMILES string of the molecule is C[C@@H](Oc1ccc(-c2cc3ccccc3oc2=O)cc1)C(=O)O. The number of rotatable bonds is 4. The maximum Gasteiger partial charge on any atom is 0.344 e. The molecule has 2 aromatic carbocycles. The summed E-state index contributed by atoms with van der Waals surface area (Å²) in [6.07, 6.45) is -0.938. The van der Waals surface area contributed by atoms with Crippen molar-refractivity contribution < 1.29 is 19.1 Å². The van der Waals surface area contributed by atoms with Crippen LogP contribution in [0.15, 0.2) is 63.8 Å². The third-order valence-corrected chi connectivity index (χ3v) is 3.47. The Kier molecular flexibility index (Phi) is 3.85. The van der Waals surface area contributed by atoms with E-state index in [4.69, 9.17) is 14.3 Å². The highest BCUT2D eigenvalue weighted by Gasteiger charge is 2.13. The van der Waals surface area contributed by atoms with E-state index in [1.54, 1.807) is 42.5 Å². The van der Waals surface area contributed by atoms with Crippen LogP contribution in [0.4, 0.5) is 0 Å². The molecule has 1 atom stereocenters. The van der Waals surface area contributed by atoms with E-state index in [1.807, 2.05) is 12.1 Å². The molecule has 23 heavy (non-hydrogen) atoms. The van der Waals surface area contributed by atoms with Gasteiger partial charge in [0.1, 0.15) is 11.3 Å². The highest BCUT2D eigenvalue weighted by molar-refractivity contribution is 5.81. The summed E-state index contributed by atoms with van der Waals surface area (Å²) in [6, 6.07) is 15.7. The van der Waals surface area contributed by atoms with Crippen LogP contribution in [0.2, 0.25) is 0 Å². The average molecular weight is 310 g/mol. The first-order chi connectivity index (χ1) is 11.0. The molecule has 1 heterocycles. The lowest BCUT2D eigenvalue weighted by molar-refractivity contribution is -0.144. The standard InChI is InChI=1S/C18H14O5/c1-11(17(19)20)22-14-8-6-12(7-9-14)15-10-13-4-2-3-5-16(13)23-18(15)21/h2-11H,1H3,(H,19,20)/t11-/m1/s1. The fourth-order valence-electron chi connectivity index (χ4n) is 2.23. The average Bonchev–Trinajstić information content (AvgIpc) is 2.55. The molecule has 3 aromatic rings. The van der Waals surface area contributed by atoms with Gasteiger partial charge in [-0.2, -0.15) is 0 Å². The lowest BCUT2D eigenvalue weighted by atomic mass is 10.1. The zero-order chi connectivity index (χ0) is 16.4. The molecule has 1 aromatic heterocycles. The number of carbonyl (C=O) groups is 1. The molecule has 0 aliphatic rings. The highest BCUT2D eigenvalue weighted by Crippen LogP contribution is 2.23. The van der Waals surface area contributed by atoms with Gasteiger partial charge in [-0.1, -0.05) is 30.3 Å². The Morgan fingerprint density at radius 2 is 1.83 bits per heavy atom. The van der Waals surface area contributed by atoms with Crippen molar-refractivity contribution in [2.45, 2.75) is 13.0 Å². The first kappa shape index (κ1) is 14.8. The van der Waals surface area contributed by atoms with Crippen molar-refractivity contribution in [3.63, 3.8) is 0 Å². The minimum atomic E-state index is -1.04. The Hall–Kier alpha value is -3.08. The molecule has 5 heteroatoms. The van der Waals surface area contributed by atoms with Crippen LogP contribution in [0, 0.1) is 0 Å². The van der Waals surface area contributed by atoms with Gasteiger partial charge in [0, 0.05) is 5.39 Å². The van der Waals surface area contributed by atoms with Gasteiger partial charge < -0.3 is 14.3 Å². The summed E-state index contributed by atoms with van der Waals surface area (Å²) < 4.78 is 10.6. The molecule has 0 radical (unpaired) electrons. The number of para-hydroxylation sites is 1. The maximum absolute atomic E-state index is 12.1. The molecule has 0 amide bonds. The number of carboxylic acids is 1. The van der Waals surface area contributed by atoms with Crippen LogP contribution in [-0.2, 0) is 4.79 Å². The van der Waals surface area contributed by atoms with Crippen LogP contribution in [-0.4, -0.2) is 17.2 Å². The van der Waals surface area contributed by atoms with Crippen molar-refractivity contribution in [1.29, 1.82) is 0 Å². The lowest BCUT2D eigenvalue weighted by Gasteiger charge is -2.10. The Labute approximate surface area is 131 Å². The van der Waals surface area contributed by atoms with Gasteiger partial charge in [-0.05, 0) is 36.8 Å². The van der Waals surface area contributed by atoms with Crippen LogP contribution in [0.3, 0.4) is 0 Å². The van der Waals surface area contributed by atoms with E-state index in [0.29, 0.717) is 22.5 Å². The molecular formula is C18H14O5. The molecule has 5 nitrogen and oxygen atoms in total. The summed E-state index contributed by atoms with van der Waals surface area (Å²) in [7, 11) is 0. The van der Waals surface area contributed by atoms with Crippen molar-refractivity contribution in [3.05, 3.63) is 65.0 Å². The van der Waals surface area contributed by atoms with Gasteiger partial charge in [-0.3, -0.25) is 0 Å². The van der Waals surface area contributed by atoms with E-state index in [-0.39, 0.29) is 0 Å². The number of ether oxygens (including phenoxy) is 1. The number of hydrogen-bond acceptors (Lipinski definition) is 4. The highest BCUT2D eigenvalue weighted by atomic mass is 16.5. The van der Waals surface area contributed by atoms with E-state index in [9.17, 15) is 9.59 Å². The van der Waals surface area contributed by atoms with Gasteiger partial charge >= 0.3 is 11.6 Å². The third-order valence-electron chi connectivity index (χ3n) is 3.47. The second kappa shape index (κ2) is 5.96. The van der Waals surface area contributed by atoms with Gasteiger partial charge in [0.2, 0.25) is 0 Å².